The van der Waals surface area contributed by atoms with Crippen LogP contribution in [0.25, 0.3) is 0 Å². The number of amides is 1. The number of nitrogens with one attached hydrogen (secondary N) is 1. The fourth-order valence-electron chi connectivity index (χ4n) is 3.32. The van der Waals surface area contributed by atoms with E-state index in [1.54, 1.807) is 18.2 Å². The first-order chi connectivity index (χ1) is 16.0. The van der Waals surface area contributed by atoms with Gasteiger partial charge in [-0.25, -0.2) is 0 Å². The van der Waals surface area contributed by atoms with Crippen LogP contribution in [0.2, 0.25) is 0 Å². The normalized spacial score (nSPS) is 11.7. The van der Waals surface area contributed by atoms with E-state index < -0.39 is 17.6 Å². The molecule has 180 valence electrons. The summed E-state index contributed by atoms with van der Waals surface area (Å²) in [7, 11) is 0. The van der Waals surface area contributed by atoms with Crippen molar-refractivity contribution in [3.05, 3.63) is 89.0 Å². The molecule has 1 amide bonds. The van der Waals surface area contributed by atoms with Gasteiger partial charge in [-0.1, -0.05) is 39.0 Å². The molecule has 3 rings (SSSR count). The maximum atomic E-state index is 13.0. The molecule has 0 aliphatic rings. The molecule has 0 aliphatic carbocycles. The molecule has 0 aliphatic heterocycles. The average molecular weight is 472 g/mol. The second-order valence-corrected chi connectivity index (χ2v) is 8.85. The van der Waals surface area contributed by atoms with Crippen LogP contribution >= 0.6 is 0 Å². The van der Waals surface area contributed by atoms with E-state index in [9.17, 15) is 18.0 Å². The van der Waals surface area contributed by atoms with Crippen molar-refractivity contribution in [3.63, 3.8) is 0 Å². The summed E-state index contributed by atoms with van der Waals surface area (Å²) in [5.41, 5.74) is 1.38. The topological polar surface area (TPSA) is 47.6 Å². The summed E-state index contributed by atoms with van der Waals surface area (Å²) in [6.07, 6.45) is -4.49. The molecule has 1 N–H and O–H groups in total. The molecular formula is C27H28F3NO3. The number of benzene rings is 3. The lowest BCUT2D eigenvalue weighted by Gasteiger charge is -2.19. The van der Waals surface area contributed by atoms with Crippen LogP contribution in [0.4, 0.5) is 18.9 Å². The highest BCUT2D eigenvalue weighted by Crippen LogP contribution is 2.31. The maximum absolute atomic E-state index is 13.0. The van der Waals surface area contributed by atoms with E-state index in [1.807, 2.05) is 31.2 Å². The SMILES string of the molecule is CCOc1ccc(C(=O)Nc2cccc(C(F)(F)F)c2)cc1COc1ccc(C(C)(C)C)cc1. The van der Waals surface area contributed by atoms with E-state index in [0.717, 1.165) is 12.1 Å². The molecule has 0 saturated heterocycles. The van der Waals surface area contributed by atoms with Crippen LogP contribution in [-0.4, -0.2) is 12.5 Å². The second-order valence-electron chi connectivity index (χ2n) is 8.85. The van der Waals surface area contributed by atoms with Crippen LogP contribution in [0, 0.1) is 0 Å². The predicted octanol–water partition coefficient (Wildman–Crippen LogP) is 7.23. The fourth-order valence-corrected chi connectivity index (χ4v) is 3.32. The third kappa shape index (κ3) is 6.53. The van der Waals surface area contributed by atoms with Gasteiger partial charge < -0.3 is 14.8 Å². The van der Waals surface area contributed by atoms with Crippen LogP contribution in [0.3, 0.4) is 0 Å². The molecule has 3 aromatic rings. The minimum atomic E-state index is -4.49. The minimum Gasteiger partial charge on any atom is -0.493 e. The quantitative estimate of drug-likeness (QED) is 0.395. The zero-order chi connectivity index (χ0) is 24.9. The van der Waals surface area contributed by atoms with Crippen LogP contribution in [-0.2, 0) is 18.2 Å². The fraction of sp³-hybridized carbons (Fsp3) is 0.296. The highest BCUT2D eigenvalue weighted by molar-refractivity contribution is 6.04. The number of carbonyl (C=O) groups is 1. The largest absolute Gasteiger partial charge is 0.493 e. The zero-order valence-electron chi connectivity index (χ0n) is 19.6. The van der Waals surface area contributed by atoms with Crippen LogP contribution in [0.1, 0.15) is 54.7 Å². The number of ether oxygens (including phenoxy) is 2. The van der Waals surface area contributed by atoms with Crippen molar-refractivity contribution in [2.45, 2.75) is 45.9 Å². The van der Waals surface area contributed by atoms with Crippen molar-refractivity contribution in [2.24, 2.45) is 0 Å². The van der Waals surface area contributed by atoms with Crippen molar-refractivity contribution in [1.82, 2.24) is 0 Å². The molecule has 0 atom stereocenters. The molecule has 0 unspecified atom stereocenters. The van der Waals surface area contributed by atoms with Gasteiger partial charge in [0.2, 0.25) is 0 Å². The summed E-state index contributed by atoms with van der Waals surface area (Å²) in [6.45, 7) is 8.84. The van der Waals surface area contributed by atoms with Gasteiger partial charge >= 0.3 is 6.18 Å². The van der Waals surface area contributed by atoms with Crippen LogP contribution < -0.4 is 14.8 Å². The van der Waals surface area contributed by atoms with E-state index in [1.165, 1.54) is 17.7 Å². The summed E-state index contributed by atoms with van der Waals surface area (Å²) in [4.78, 5) is 12.7. The highest BCUT2D eigenvalue weighted by Gasteiger charge is 2.30. The first-order valence-electron chi connectivity index (χ1n) is 10.9. The molecule has 0 bridgehead atoms. The maximum Gasteiger partial charge on any atom is 0.416 e. The lowest BCUT2D eigenvalue weighted by Crippen LogP contribution is -2.14. The molecule has 0 radical (unpaired) electrons. The van der Waals surface area contributed by atoms with E-state index in [4.69, 9.17) is 9.47 Å². The number of hydrogen-bond acceptors (Lipinski definition) is 3. The Kier molecular flexibility index (Phi) is 7.54. The van der Waals surface area contributed by atoms with Gasteiger partial charge in [0.15, 0.2) is 0 Å². The van der Waals surface area contributed by atoms with Gasteiger partial charge in [0.1, 0.15) is 18.1 Å². The van der Waals surface area contributed by atoms with Gasteiger partial charge in [0.05, 0.1) is 12.2 Å². The number of alkyl halides is 3. The van der Waals surface area contributed by atoms with Gasteiger partial charge in [-0.2, -0.15) is 13.2 Å². The first-order valence-corrected chi connectivity index (χ1v) is 10.9. The Bertz CT molecular complexity index is 1130. The Labute approximate surface area is 197 Å². The van der Waals surface area contributed by atoms with Gasteiger partial charge in [0.25, 0.3) is 5.91 Å². The third-order valence-corrected chi connectivity index (χ3v) is 5.18. The van der Waals surface area contributed by atoms with E-state index >= 15 is 0 Å². The van der Waals surface area contributed by atoms with Gasteiger partial charge in [-0.05, 0) is 66.4 Å². The lowest BCUT2D eigenvalue weighted by molar-refractivity contribution is -0.137. The highest BCUT2D eigenvalue weighted by atomic mass is 19.4. The molecular weight excluding hydrogens is 443 g/mol. The second kappa shape index (κ2) is 10.2. The minimum absolute atomic E-state index is 0.0297. The molecule has 3 aromatic carbocycles. The summed E-state index contributed by atoms with van der Waals surface area (Å²) in [6, 6.07) is 17.2. The van der Waals surface area contributed by atoms with Gasteiger partial charge in [-0.3, -0.25) is 4.79 Å². The summed E-state index contributed by atoms with van der Waals surface area (Å²) >= 11 is 0. The van der Waals surface area contributed by atoms with Crippen molar-refractivity contribution >= 4 is 11.6 Å². The van der Waals surface area contributed by atoms with Crippen molar-refractivity contribution < 1.29 is 27.4 Å². The molecule has 0 saturated carbocycles. The van der Waals surface area contributed by atoms with E-state index in [-0.39, 0.29) is 23.3 Å². The summed E-state index contributed by atoms with van der Waals surface area (Å²) in [5.74, 6) is 0.719. The summed E-state index contributed by atoms with van der Waals surface area (Å²) < 4.78 is 50.5. The van der Waals surface area contributed by atoms with Gasteiger partial charge in [-0.15, -0.1) is 0 Å². The van der Waals surface area contributed by atoms with Crippen molar-refractivity contribution in [2.75, 3.05) is 11.9 Å². The zero-order valence-corrected chi connectivity index (χ0v) is 19.6. The number of anilines is 1. The lowest BCUT2D eigenvalue weighted by atomic mass is 9.87. The molecule has 34 heavy (non-hydrogen) atoms. The van der Waals surface area contributed by atoms with E-state index in [2.05, 4.69) is 26.1 Å². The number of halogens is 3. The number of carbonyl (C=O) groups excluding carboxylic acids is 1. The Morgan fingerprint density at radius 1 is 0.882 bits per heavy atom. The molecule has 0 aromatic heterocycles. The van der Waals surface area contributed by atoms with Crippen molar-refractivity contribution in [3.8, 4) is 11.5 Å². The monoisotopic (exact) mass is 471 g/mol. The molecule has 7 heteroatoms. The molecule has 0 heterocycles. The standard InChI is InChI=1S/C27H28F3NO3/c1-5-33-24-14-9-18(25(32)31-22-8-6-7-21(16-22)27(28,29)30)15-19(24)17-34-23-12-10-20(11-13-23)26(2,3)4/h6-16H,5,17H2,1-4H3,(H,31,32). The Balaban J connectivity index is 1.77. The Morgan fingerprint density at radius 2 is 1.59 bits per heavy atom. The average Bonchev–Trinajstić information content (AvgIpc) is 2.78. The Morgan fingerprint density at radius 3 is 2.21 bits per heavy atom. The predicted molar refractivity (Wildman–Crippen MR) is 126 cm³/mol. The molecule has 4 nitrogen and oxygen atoms in total. The summed E-state index contributed by atoms with van der Waals surface area (Å²) in [5, 5.41) is 2.52. The van der Waals surface area contributed by atoms with Crippen LogP contribution in [0.15, 0.2) is 66.7 Å². The first kappa shape index (κ1) is 25.1. The third-order valence-electron chi connectivity index (χ3n) is 5.18. The number of rotatable bonds is 7. The van der Waals surface area contributed by atoms with Crippen LogP contribution in [0.5, 0.6) is 11.5 Å². The van der Waals surface area contributed by atoms with Gasteiger partial charge in [0, 0.05) is 16.8 Å². The van der Waals surface area contributed by atoms with E-state index in [0.29, 0.717) is 23.7 Å². The number of hydrogen-bond donors (Lipinski definition) is 1. The van der Waals surface area contributed by atoms with Crippen molar-refractivity contribution in [1.29, 1.82) is 0 Å². The Hall–Kier alpha value is -3.48. The smallest absolute Gasteiger partial charge is 0.416 e. The molecule has 0 spiro atoms. The molecule has 0 fully saturated rings.